The van der Waals surface area contributed by atoms with Gasteiger partial charge < -0.3 is 11.5 Å². The lowest BCUT2D eigenvalue weighted by Gasteiger charge is -2.47. The average molecular weight is 175 g/mol. The standard InChI is InChI=1S/C3H13N9/c4-1(5)2(6,7)10-12-11-3(1,8)9/h4-9H2,(H,10,11). The second kappa shape index (κ2) is 2.10. The molecule has 0 radical (unpaired) electrons. The summed E-state index contributed by atoms with van der Waals surface area (Å²) in [6.45, 7) is 0. The summed E-state index contributed by atoms with van der Waals surface area (Å²) in [5.41, 5.74) is 33.1. The van der Waals surface area contributed by atoms with E-state index in [0.717, 1.165) is 0 Å². The van der Waals surface area contributed by atoms with E-state index in [2.05, 4.69) is 15.8 Å². The number of hydrogen-bond acceptors (Lipinski definition) is 9. The SMILES string of the molecule is NC1(N)N=NNC(N)(N)C1(N)N. The lowest BCUT2D eigenvalue weighted by molar-refractivity contribution is 0.0616. The van der Waals surface area contributed by atoms with E-state index in [0.29, 0.717) is 0 Å². The molecule has 9 heteroatoms. The molecule has 1 aliphatic heterocycles. The number of nitrogens with zero attached hydrogens (tertiary/aromatic N) is 2. The highest BCUT2D eigenvalue weighted by Crippen LogP contribution is 2.18. The van der Waals surface area contributed by atoms with Gasteiger partial charge in [-0.3, -0.25) is 28.4 Å². The van der Waals surface area contributed by atoms with Gasteiger partial charge in [-0.1, -0.05) is 5.22 Å². The van der Waals surface area contributed by atoms with Crippen LogP contribution >= 0.6 is 0 Å². The highest BCUT2D eigenvalue weighted by atomic mass is 15.6. The third kappa shape index (κ3) is 0.964. The monoisotopic (exact) mass is 175 g/mol. The van der Waals surface area contributed by atoms with Crippen molar-refractivity contribution >= 4 is 0 Å². The minimum atomic E-state index is -1.79. The normalized spacial score (nSPS) is 29.5. The summed E-state index contributed by atoms with van der Waals surface area (Å²) in [4.78, 5) is 0. The zero-order valence-corrected chi connectivity index (χ0v) is 6.36. The summed E-state index contributed by atoms with van der Waals surface area (Å²) in [6, 6.07) is 0. The molecule has 12 heavy (non-hydrogen) atoms. The van der Waals surface area contributed by atoms with Gasteiger partial charge in [0.25, 0.3) is 0 Å². The smallest absolute Gasteiger partial charge is 0.218 e. The number of hydrogen-bond donors (Lipinski definition) is 7. The first-order chi connectivity index (χ1) is 5.21. The highest BCUT2D eigenvalue weighted by molar-refractivity contribution is 5.10. The van der Waals surface area contributed by atoms with Crippen molar-refractivity contribution in [2.45, 2.75) is 17.2 Å². The molecule has 0 saturated heterocycles. The molecule has 0 atom stereocenters. The Bertz CT molecular complexity index is 214. The molecule has 0 amide bonds. The van der Waals surface area contributed by atoms with Crippen molar-refractivity contribution in [2.75, 3.05) is 0 Å². The van der Waals surface area contributed by atoms with E-state index < -0.39 is 17.2 Å². The summed E-state index contributed by atoms with van der Waals surface area (Å²) < 4.78 is 0. The molecule has 0 aromatic heterocycles. The Morgan fingerprint density at radius 2 is 1.42 bits per heavy atom. The Labute approximate surface area is 68.5 Å². The first-order valence-corrected chi connectivity index (χ1v) is 3.13. The third-order valence-corrected chi connectivity index (χ3v) is 1.80. The van der Waals surface area contributed by atoms with Crippen molar-refractivity contribution in [1.29, 1.82) is 0 Å². The first-order valence-electron chi connectivity index (χ1n) is 3.13. The largest absolute Gasteiger partial charge is 0.305 e. The van der Waals surface area contributed by atoms with Crippen LogP contribution in [-0.4, -0.2) is 17.2 Å². The Morgan fingerprint density at radius 1 is 0.917 bits per heavy atom. The van der Waals surface area contributed by atoms with Crippen molar-refractivity contribution in [1.82, 2.24) is 5.43 Å². The molecule has 1 aliphatic rings. The maximum Gasteiger partial charge on any atom is 0.218 e. The van der Waals surface area contributed by atoms with Gasteiger partial charge in [-0.25, -0.2) is 0 Å². The van der Waals surface area contributed by atoms with E-state index in [1.165, 1.54) is 0 Å². The van der Waals surface area contributed by atoms with Crippen LogP contribution in [0.3, 0.4) is 0 Å². The quantitative estimate of drug-likeness (QED) is 0.181. The molecule has 0 unspecified atom stereocenters. The minimum Gasteiger partial charge on any atom is -0.305 e. The van der Waals surface area contributed by atoms with Crippen LogP contribution in [0.25, 0.3) is 0 Å². The highest BCUT2D eigenvalue weighted by Gasteiger charge is 2.56. The van der Waals surface area contributed by atoms with Crippen LogP contribution in [-0.2, 0) is 0 Å². The van der Waals surface area contributed by atoms with E-state index in [1.807, 2.05) is 0 Å². The molecule has 0 spiro atoms. The van der Waals surface area contributed by atoms with Crippen LogP contribution in [0.1, 0.15) is 0 Å². The van der Waals surface area contributed by atoms with Crippen LogP contribution < -0.4 is 39.8 Å². The number of nitrogens with one attached hydrogen (secondary N) is 1. The maximum atomic E-state index is 5.49. The Morgan fingerprint density at radius 3 is 1.75 bits per heavy atom. The van der Waals surface area contributed by atoms with Crippen LogP contribution in [0, 0.1) is 0 Å². The predicted octanol–water partition coefficient (Wildman–Crippen LogP) is -4.29. The first kappa shape index (κ1) is 9.25. The molecule has 13 N–H and O–H groups in total. The van der Waals surface area contributed by atoms with Crippen LogP contribution in [0.5, 0.6) is 0 Å². The van der Waals surface area contributed by atoms with Crippen molar-refractivity contribution in [3.05, 3.63) is 0 Å². The van der Waals surface area contributed by atoms with Crippen molar-refractivity contribution in [3.63, 3.8) is 0 Å². The Kier molecular flexibility index (Phi) is 1.62. The Balaban J connectivity index is 3.13. The average Bonchev–Trinajstić information content (AvgIpc) is 1.83. The molecule has 70 valence electrons. The zero-order valence-electron chi connectivity index (χ0n) is 6.36. The van der Waals surface area contributed by atoms with E-state index >= 15 is 0 Å². The molecule has 0 fully saturated rings. The predicted molar refractivity (Wildman–Crippen MR) is 41.3 cm³/mol. The molecule has 1 rings (SSSR count). The summed E-state index contributed by atoms with van der Waals surface area (Å²) in [5.74, 6) is -3.49. The molecule has 0 saturated carbocycles. The van der Waals surface area contributed by atoms with Gasteiger partial charge in [0.1, 0.15) is 0 Å². The van der Waals surface area contributed by atoms with Gasteiger partial charge >= 0.3 is 0 Å². The van der Waals surface area contributed by atoms with Gasteiger partial charge in [-0.15, -0.1) is 5.11 Å². The van der Waals surface area contributed by atoms with Gasteiger partial charge in [-0.05, 0) is 0 Å². The lowest BCUT2D eigenvalue weighted by Crippen LogP contribution is -2.93. The van der Waals surface area contributed by atoms with Crippen LogP contribution in [0.15, 0.2) is 10.3 Å². The van der Waals surface area contributed by atoms with Crippen molar-refractivity contribution < 1.29 is 0 Å². The topological polar surface area (TPSA) is 193 Å². The fourth-order valence-electron chi connectivity index (χ4n) is 0.697. The molecule has 1 heterocycles. The van der Waals surface area contributed by atoms with E-state index in [1.54, 1.807) is 0 Å². The van der Waals surface area contributed by atoms with Crippen LogP contribution in [0.2, 0.25) is 0 Å². The van der Waals surface area contributed by atoms with E-state index in [4.69, 9.17) is 34.4 Å². The molecule has 9 nitrogen and oxygen atoms in total. The fourth-order valence-corrected chi connectivity index (χ4v) is 0.697. The van der Waals surface area contributed by atoms with Crippen molar-refractivity contribution in [3.8, 4) is 0 Å². The second-order valence-electron chi connectivity index (χ2n) is 2.88. The Hall–Kier alpha value is -0.840. The lowest BCUT2D eigenvalue weighted by atomic mass is 9.96. The molecule has 0 bridgehead atoms. The van der Waals surface area contributed by atoms with Gasteiger partial charge in [0, 0.05) is 0 Å². The maximum absolute atomic E-state index is 5.49. The summed E-state index contributed by atoms with van der Waals surface area (Å²) in [7, 11) is 0. The minimum absolute atomic E-state index is 1.70. The summed E-state index contributed by atoms with van der Waals surface area (Å²) in [5, 5.41) is 6.66. The fraction of sp³-hybridized carbons (Fsp3) is 1.00. The van der Waals surface area contributed by atoms with Gasteiger partial charge in [0.15, 0.2) is 11.4 Å². The van der Waals surface area contributed by atoms with Crippen molar-refractivity contribution in [2.24, 2.45) is 44.7 Å². The van der Waals surface area contributed by atoms with Gasteiger partial charge in [0.05, 0.1) is 0 Å². The number of nitrogens with two attached hydrogens (primary N) is 6. The molecular formula is C3H13N9. The van der Waals surface area contributed by atoms with E-state index in [9.17, 15) is 0 Å². The molecule has 0 aromatic rings. The molecule has 0 aromatic carbocycles. The summed E-state index contributed by atoms with van der Waals surface area (Å²) in [6.07, 6.45) is 0. The molecular weight excluding hydrogens is 162 g/mol. The van der Waals surface area contributed by atoms with Crippen LogP contribution in [0.4, 0.5) is 0 Å². The number of rotatable bonds is 0. The summed E-state index contributed by atoms with van der Waals surface area (Å²) >= 11 is 0. The zero-order chi connectivity index (χ0) is 9.62. The van der Waals surface area contributed by atoms with E-state index in [-0.39, 0.29) is 0 Å². The second-order valence-corrected chi connectivity index (χ2v) is 2.88. The molecule has 0 aliphatic carbocycles. The third-order valence-electron chi connectivity index (χ3n) is 1.80. The van der Waals surface area contributed by atoms with Gasteiger partial charge in [-0.2, -0.15) is 0 Å². The van der Waals surface area contributed by atoms with Gasteiger partial charge in [0.2, 0.25) is 5.79 Å².